The minimum absolute atomic E-state index is 0.243. The van der Waals surface area contributed by atoms with E-state index in [0.717, 1.165) is 41.7 Å². The minimum atomic E-state index is 0.243. The van der Waals surface area contributed by atoms with Gasteiger partial charge in [0, 0.05) is 46.1 Å². The quantitative estimate of drug-likeness (QED) is 0.751. The van der Waals surface area contributed by atoms with Crippen LogP contribution in [0, 0.1) is 0 Å². The Morgan fingerprint density at radius 3 is 3.00 bits per heavy atom. The Bertz CT molecular complexity index is 825. The van der Waals surface area contributed by atoms with Crippen molar-refractivity contribution in [3.05, 3.63) is 58.4 Å². The molecule has 3 heterocycles. The number of thiophene rings is 1. The number of hydrogen-bond acceptors (Lipinski definition) is 3. The van der Waals surface area contributed by atoms with Gasteiger partial charge in [0.1, 0.15) is 0 Å². The van der Waals surface area contributed by atoms with Crippen molar-refractivity contribution in [2.24, 2.45) is 0 Å². The van der Waals surface area contributed by atoms with Crippen molar-refractivity contribution in [3.8, 4) is 0 Å². The van der Waals surface area contributed by atoms with E-state index in [0.29, 0.717) is 11.7 Å². The smallest absolute Gasteiger partial charge is 0.227 e. The number of amides is 1. The highest BCUT2D eigenvalue weighted by Gasteiger charge is 2.23. The second-order valence-electron chi connectivity index (χ2n) is 6.08. The summed E-state index contributed by atoms with van der Waals surface area (Å²) in [5.74, 6) is 1.26. The van der Waals surface area contributed by atoms with Crippen molar-refractivity contribution in [1.82, 2.24) is 9.88 Å². The number of fused-ring (bicyclic) bond motifs is 1. The molecule has 1 unspecified atom stereocenters. The molecule has 5 heteroatoms. The molecule has 3 nitrogen and oxygen atoms in total. The van der Waals surface area contributed by atoms with Crippen LogP contribution in [0.5, 0.6) is 0 Å². The van der Waals surface area contributed by atoms with Crippen molar-refractivity contribution in [2.45, 2.75) is 18.1 Å². The van der Waals surface area contributed by atoms with E-state index in [2.05, 4.69) is 34.6 Å². The highest BCUT2D eigenvalue weighted by molar-refractivity contribution is 7.99. The average Bonchev–Trinajstić information content (AvgIpc) is 3.20. The number of H-pyrrole nitrogens is 1. The highest BCUT2D eigenvalue weighted by Crippen LogP contribution is 2.36. The van der Waals surface area contributed by atoms with Gasteiger partial charge in [0.25, 0.3) is 0 Å². The number of nitrogens with zero attached hydrogens (tertiary/aromatic N) is 1. The molecular weight excluding hydrogens is 336 g/mol. The van der Waals surface area contributed by atoms with Gasteiger partial charge in [0.2, 0.25) is 5.91 Å². The predicted octanol–water partition coefficient (Wildman–Crippen LogP) is 4.48. The topological polar surface area (TPSA) is 36.1 Å². The van der Waals surface area contributed by atoms with E-state index < -0.39 is 0 Å². The number of carbonyl (C=O) groups excluding carboxylic acids is 1. The van der Waals surface area contributed by atoms with Crippen LogP contribution < -0.4 is 0 Å². The van der Waals surface area contributed by atoms with Gasteiger partial charge in [-0.3, -0.25) is 4.79 Å². The van der Waals surface area contributed by atoms with Crippen LogP contribution in [0.15, 0.2) is 48.0 Å². The Morgan fingerprint density at radius 1 is 1.21 bits per heavy atom. The fourth-order valence-corrected chi connectivity index (χ4v) is 5.51. The number of para-hydroxylation sites is 1. The average molecular weight is 357 g/mol. The second kappa shape index (κ2) is 7.03. The zero-order valence-corrected chi connectivity index (χ0v) is 15.0. The van der Waals surface area contributed by atoms with E-state index in [1.807, 2.05) is 46.3 Å². The van der Waals surface area contributed by atoms with E-state index in [1.165, 1.54) is 4.88 Å². The monoisotopic (exact) mass is 356 g/mol. The number of aromatic amines is 1. The maximum atomic E-state index is 12.8. The summed E-state index contributed by atoms with van der Waals surface area (Å²) >= 11 is 3.81. The lowest BCUT2D eigenvalue weighted by Crippen LogP contribution is -2.34. The van der Waals surface area contributed by atoms with E-state index in [4.69, 9.17) is 0 Å². The molecule has 1 N–H and O–H groups in total. The molecule has 1 amide bonds. The zero-order chi connectivity index (χ0) is 16.4. The Labute approximate surface area is 150 Å². The molecule has 1 fully saturated rings. The SMILES string of the molecule is O=C(Cc1c[nH]c2ccccc12)N1CCSC(c2cccs2)CC1. The van der Waals surface area contributed by atoms with Crippen LogP contribution in [0.3, 0.4) is 0 Å². The Kier molecular flexibility index (Phi) is 4.63. The third-order valence-electron chi connectivity index (χ3n) is 4.57. The summed E-state index contributed by atoms with van der Waals surface area (Å²) in [4.78, 5) is 19.5. The molecule has 0 bridgehead atoms. The summed E-state index contributed by atoms with van der Waals surface area (Å²) in [6.07, 6.45) is 3.51. The first-order valence-corrected chi connectivity index (χ1v) is 10.2. The number of hydrogen-bond donors (Lipinski definition) is 1. The number of aromatic nitrogens is 1. The lowest BCUT2D eigenvalue weighted by atomic mass is 10.1. The molecule has 1 aromatic carbocycles. The molecule has 1 saturated heterocycles. The van der Waals surface area contributed by atoms with Crippen LogP contribution in [-0.2, 0) is 11.2 Å². The predicted molar refractivity (Wildman–Crippen MR) is 103 cm³/mol. The summed E-state index contributed by atoms with van der Waals surface area (Å²) in [6.45, 7) is 1.71. The molecule has 0 spiro atoms. The molecule has 2 aromatic heterocycles. The van der Waals surface area contributed by atoms with Crippen LogP contribution in [0.4, 0.5) is 0 Å². The summed E-state index contributed by atoms with van der Waals surface area (Å²) in [5.41, 5.74) is 2.20. The standard InChI is InChI=1S/C19H20N2OS2/c22-19(12-14-13-20-16-5-2-1-4-15(14)16)21-8-7-18(24-11-9-21)17-6-3-10-23-17/h1-6,10,13,18,20H,7-9,11-12H2. The molecule has 24 heavy (non-hydrogen) atoms. The van der Waals surface area contributed by atoms with Gasteiger partial charge in [0.15, 0.2) is 0 Å². The molecule has 1 aliphatic rings. The summed E-state index contributed by atoms with van der Waals surface area (Å²) in [6, 6.07) is 12.5. The van der Waals surface area contributed by atoms with E-state index in [1.54, 1.807) is 0 Å². The van der Waals surface area contributed by atoms with Crippen LogP contribution in [0.1, 0.15) is 22.1 Å². The van der Waals surface area contributed by atoms with Gasteiger partial charge in [-0.05, 0) is 29.5 Å². The van der Waals surface area contributed by atoms with Gasteiger partial charge in [-0.2, -0.15) is 11.8 Å². The molecule has 3 aromatic rings. The van der Waals surface area contributed by atoms with Crippen molar-refractivity contribution < 1.29 is 4.79 Å². The summed E-state index contributed by atoms with van der Waals surface area (Å²) in [5, 5.41) is 3.84. The van der Waals surface area contributed by atoms with Crippen molar-refractivity contribution >= 4 is 39.9 Å². The Balaban J connectivity index is 1.43. The Hall–Kier alpha value is -1.72. The van der Waals surface area contributed by atoms with Gasteiger partial charge in [-0.25, -0.2) is 0 Å². The molecule has 124 valence electrons. The summed E-state index contributed by atoms with van der Waals surface area (Å²) in [7, 11) is 0. The first kappa shape index (κ1) is 15.8. The first-order valence-electron chi connectivity index (χ1n) is 8.29. The third kappa shape index (κ3) is 3.23. The van der Waals surface area contributed by atoms with Crippen molar-refractivity contribution in [3.63, 3.8) is 0 Å². The second-order valence-corrected chi connectivity index (χ2v) is 8.37. The molecule has 0 radical (unpaired) electrons. The maximum Gasteiger partial charge on any atom is 0.227 e. The van der Waals surface area contributed by atoms with Gasteiger partial charge in [-0.1, -0.05) is 24.3 Å². The van der Waals surface area contributed by atoms with Crippen molar-refractivity contribution in [1.29, 1.82) is 0 Å². The molecule has 1 atom stereocenters. The summed E-state index contributed by atoms with van der Waals surface area (Å²) < 4.78 is 0. The van der Waals surface area contributed by atoms with Gasteiger partial charge in [-0.15, -0.1) is 11.3 Å². The molecule has 1 aliphatic heterocycles. The first-order chi connectivity index (χ1) is 11.8. The van der Waals surface area contributed by atoms with Crippen LogP contribution in [0.2, 0.25) is 0 Å². The van der Waals surface area contributed by atoms with Gasteiger partial charge in [0.05, 0.1) is 6.42 Å². The fraction of sp³-hybridized carbons (Fsp3) is 0.316. The lowest BCUT2D eigenvalue weighted by molar-refractivity contribution is -0.130. The van der Waals surface area contributed by atoms with Crippen LogP contribution >= 0.6 is 23.1 Å². The van der Waals surface area contributed by atoms with E-state index >= 15 is 0 Å². The number of thioether (sulfide) groups is 1. The molecule has 4 rings (SSSR count). The normalized spacial score (nSPS) is 18.7. The Morgan fingerprint density at radius 2 is 2.12 bits per heavy atom. The lowest BCUT2D eigenvalue weighted by Gasteiger charge is -2.20. The van der Waals surface area contributed by atoms with E-state index in [9.17, 15) is 4.79 Å². The van der Waals surface area contributed by atoms with Crippen LogP contribution in [0.25, 0.3) is 10.9 Å². The molecular formula is C19H20N2OS2. The van der Waals surface area contributed by atoms with Gasteiger partial charge >= 0.3 is 0 Å². The maximum absolute atomic E-state index is 12.8. The number of rotatable bonds is 3. The number of benzene rings is 1. The van der Waals surface area contributed by atoms with E-state index in [-0.39, 0.29) is 5.91 Å². The van der Waals surface area contributed by atoms with Gasteiger partial charge < -0.3 is 9.88 Å². The third-order valence-corrected chi connectivity index (χ3v) is 7.02. The number of nitrogens with one attached hydrogen (secondary N) is 1. The van der Waals surface area contributed by atoms with Crippen LogP contribution in [-0.4, -0.2) is 34.6 Å². The highest BCUT2D eigenvalue weighted by atomic mass is 32.2. The fourth-order valence-electron chi connectivity index (χ4n) is 3.27. The zero-order valence-electron chi connectivity index (χ0n) is 13.4. The minimum Gasteiger partial charge on any atom is -0.361 e. The largest absolute Gasteiger partial charge is 0.361 e. The van der Waals surface area contributed by atoms with Crippen molar-refractivity contribution in [2.75, 3.05) is 18.8 Å². The number of carbonyl (C=O) groups is 1. The molecule has 0 aliphatic carbocycles. The molecule has 0 saturated carbocycles.